The minimum Gasteiger partial charge on any atom is -0.490 e. The van der Waals surface area contributed by atoms with Gasteiger partial charge in [-0.25, -0.2) is 0 Å². The van der Waals surface area contributed by atoms with Crippen molar-refractivity contribution in [3.8, 4) is 5.75 Å². The Labute approximate surface area is 175 Å². The molecule has 0 bridgehead atoms. The van der Waals surface area contributed by atoms with Crippen LogP contribution in [0.15, 0.2) is 28.7 Å². The Morgan fingerprint density at radius 2 is 1.96 bits per heavy atom. The predicted octanol–water partition coefficient (Wildman–Crippen LogP) is 2.65. The molecule has 154 valence electrons. The molecule has 2 N–H and O–H groups in total. The molecule has 0 aromatic heterocycles. The van der Waals surface area contributed by atoms with Crippen molar-refractivity contribution in [2.24, 2.45) is 17.6 Å². The van der Waals surface area contributed by atoms with Crippen molar-refractivity contribution in [1.82, 2.24) is 9.80 Å². The van der Waals surface area contributed by atoms with Gasteiger partial charge in [0.25, 0.3) is 0 Å². The molecule has 1 aromatic carbocycles. The Bertz CT molecular complexity index is 691. The molecule has 7 heteroatoms. The van der Waals surface area contributed by atoms with E-state index in [4.69, 9.17) is 10.5 Å². The van der Waals surface area contributed by atoms with Crippen LogP contribution in [0.4, 0.5) is 0 Å². The minimum absolute atomic E-state index is 0.0874. The number of carbonyl (C=O) groups is 2. The first-order valence-electron chi connectivity index (χ1n) is 10.1. The Morgan fingerprint density at radius 3 is 2.64 bits per heavy atom. The van der Waals surface area contributed by atoms with Gasteiger partial charge in [0.05, 0.1) is 6.54 Å². The molecular formula is C21H30BrN3O3. The lowest BCUT2D eigenvalue weighted by molar-refractivity contribution is -0.137. The van der Waals surface area contributed by atoms with Crippen LogP contribution in [0.2, 0.25) is 0 Å². The number of primary amides is 1. The average molecular weight is 452 g/mol. The molecular weight excluding hydrogens is 422 g/mol. The molecule has 0 aliphatic carbocycles. The van der Waals surface area contributed by atoms with Crippen molar-refractivity contribution < 1.29 is 14.3 Å². The maximum atomic E-state index is 12.8. The van der Waals surface area contributed by atoms with Crippen LogP contribution in [0.25, 0.3) is 0 Å². The van der Waals surface area contributed by atoms with E-state index in [9.17, 15) is 9.59 Å². The van der Waals surface area contributed by atoms with Crippen molar-refractivity contribution in [3.05, 3.63) is 28.7 Å². The highest BCUT2D eigenvalue weighted by Gasteiger charge is 2.34. The predicted molar refractivity (Wildman–Crippen MR) is 112 cm³/mol. The number of hydrogen-bond donors (Lipinski definition) is 1. The molecule has 1 aromatic rings. The molecule has 28 heavy (non-hydrogen) atoms. The fourth-order valence-electron chi connectivity index (χ4n) is 4.07. The molecule has 2 fully saturated rings. The average Bonchev–Trinajstić information content (AvgIpc) is 2.64. The zero-order valence-electron chi connectivity index (χ0n) is 16.5. The Morgan fingerprint density at radius 1 is 1.21 bits per heavy atom. The molecule has 6 nitrogen and oxygen atoms in total. The second-order valence-electron chi connectivity index (χ2n) is 8.13. The summed E-state index contributed by atoms with van der Waals surface area (Å²) < 4.78 is 7.10. The summed E-state index contributed by atoms with van der Waals surface area (Å²) in [6, 6.07) is 7.67. The third-order valence-corrected chi connectivity index (χ3v) is 6.29. The molecule has 0 radical (unpaired) electrons. The van der Waals surface area contributed by atoms with Gasteiger partial charge in [-0.2, -0.15) is 0 Å². The maximum Gasteiger partial charge on any atom is 0.236 e. The quantitative estimate of drug-likeness (QED) is 0.720. The first-order valence-corrected chi connectivity index (χ1v) is 10.9. The minimum atomic E-state index is -0.354. The molecule has 0 spiro atoms. The van der Waals surface area contributed by atoms with Crippen molar-refractivity contribution in [2.45, 2.75) is 38.7 Å². The molecule has 2 heterocycles. The van der Waals surface area contributed by atoms with Crippen molar-refractivity contribution in [3.63, 3.8) is 0 Å². The number of amides is 2. The van der Waals surface area contributed by atoms with Crippen LogP contribution >= 0.6 is 15.9 Å². The number of hydrogen-bond acceptors (Lipinski definition) is 4. The van der Waals surface area contributed by atoms with Gasteiger partial charge in [0.1, 0.15) is 11.9 Å². The van der Waals surface area contributed by atoms with Crippen molar-refractivity contribution >= 4 is 27.7 Å². The van der Waals surface area contributed by atoms with E-state index in [2.05, 4.69) is 27.8 Å². The highest BCUT2D eigenvalue weighted by molar-refractivity contribution is 9.10. The largest absolute Gasteiger partial charge is 0.490 e. The van der Waals surface area contributed by atoms with Crippen molar-refractivity contribution in [2.75, 3.05) is 32.7 Å². The van der Waals surface area contributed by atoms with Crippen LogP contribution < -0.4 is 10.5 Å². The summed E-state index contributed by atoms with van der Waals surface area (Å²) in [5.74, 6) is 1.21. The first-order chi connectivity index (χ1) is 13.4. The Kier molecular flexibility index (Phi) is 7.35. The summed E-state index contributed by atoms with van der Waals surface area (Å²) in [5, 5.41) is 0. The summed E-state index contributed by atoms with van der Waals surface area (Å²) >= 11 is 3.45. The Balaban J connectivity index is 1.59. The zero-order chi connectivity index (χ0) is 20.1. The van der Waals surface area contributed by atoms with Crippen LogP contribution in [0.1, 0.15) is 32.6 Å². The number of nitrogens with two attached hydrogens (primary N) is 1. The number of rotatable bonds is 6. The fourth-order valence-corrected chi connectivity index (χ4v) is 4.45. The summed E-state index contributed by atoms with van der Waals surface area (Å²) in [6.07, 6.45) is 3.11. The summed E-state index contributed by atoms with van der Waals surface area (Å²) in [7, 11) is 0. The molecule has 2 saturated heterocycles. The van der Waals surface area contributed by atoms with Crippen LogP contribution in [0.3, 0.4) is 0 Å². The highest BCUT2D eigenvalue weighted by atomic mass is 79.9. The molecule has 0 unspecified atom stereocenters. The lowest BCUT2D eigenvalue weighted by atomic mass is 9.91. The number of nitrogens with zero attached hydrogens (tertiary/aromatic N) is 2. The number of benzene rings is 1. The van der Waals surface area contributed by atoms with Gasteiger partial charge in [0, 0.05) is 36.3 Å². The first kappa shape index (κ1) is 21.1. The van der Waals surface area contributed by atoms with Gasteiger partial charge in [-0.1, -0.05) is 28.9 Å². The van der Waals surface area contributed by atoms with Gasteiger partial charge in [0.2, 0.25) is 11.8 Å². The summed E-state index contributed by atoms with van der Waals surface area (Å²) in [6.45, 7) is 5.87. The number of ether oxygens (including phenoxy) is 1. The van der Waals surface area contributed by atoms with E-state index >= 15 is 0 Å². The lowest BCUT2D eigenvalue weighted by Crippen LogP contribution is -2.51. The van der Waals surface area contributed by atoms with Crippen molar-refractivity contribution in [1.29, 1.82) is 0 Å². The van der Waals surface area contributed by atoms with E-state index in [1.165, 1.54) is 0 Å². The second-order valence-corrected chi connectivity index (χ2v) is 9.05. The molecule has 2 aliphatic heterocycles. The summed E-state index contributed by atoms with van der Waals surface area (Å²) in [4.78, 5) is 28.5. The van der Waals surface area contributed by atoms with E-state index in [0.29, 0.717) is 26.1 Å². The highest BCUT2D eigenvalue weighted by Crippen LogP contribution is 2.27. The van der Waals surface area contributed by atoms with Crippen LogP contribution in [0.5, 0.6) is 5.75 Å². The van der Waals surface area contributed by atoms with Crippen LogP contribution in [0, 0.1) is 11.8 Å². The lowest BCUT2D eigenvalue weighted by Gasteiger charge is -2.39. The maximum absolute atomic E-state index is 12.8. The monoisotopic (exact) mass is 451 g/mol. The van der Waals surface area contributed by atoms with Gasteiger partial charge in [-0.15, -0.1) is 0 Å². The normalized spacial score (nSPS) is 24.1. The smallest absolute Gasteiger partial charge is 0.236 e. The van der Waals surface area contributed by atoms with Gasteiger partial charge in [0.15, 0.2) is 0 Å². The Hall–Kier alpha value is -1.60. The molecule has 0 saturated carbocycles. The SMILES string of the molecule is CC1CCN(CC(=O)N2CC[C@H](Oc3cccc(Br)c3)[C@@H](CC(N)=O)C2)CC1. The third kappa shape index (κ3) is 5.95. The molecule has 2 amide bonds. The van der Waals surface area contributed by atoms with Gasteiger partial charge in [-0.3, -0.25) is 14.5 Å². The van der Waals surface area contributed by atoms with E-state index in [1.807, 2.05) is 29.2 Å². The van der Waals surface area contributed by atoms with Gasteiger partial charge >= 0.3 is 0 Å². The third-order valence-electron chi connectivity index (χ3n) is 5.80. The van der Waals surface area contributed by atoms with E-state index in [0.717, 1.165) is 42.1 Å². The topological polar surface area (TPSA) is 75.9 Å². The number of piperidine rings is 2. The second kappa shape index (κ2) is 9.74. The van der Waals surface area contributed by atoms with Gasteiger partial charge in [-0.05, 0) is 50.0 Å². The zero-order valence-corrected chi connectivity index (χ0v) is 18.1. The molecule has 3 rings (SSSR count). The van der Waals surface area contributed by atoms with E-state index in [1.54, 1.807) is 0 Å². The fraction of sp³-hybridized carbons (Fsp3) is 0.619. The standard InChI is InChI=1S/C21H30BrN3O3/c1-15-5-8-24(9-6-15)14-21(27)25-10-7-19(16(13-25)11-20(23)26)28-18-4-2-3-17(22)12-18/h2-4,12,15-16,19H,5-11,13-14H2,1H3,(H2,23,26)/t16-,19-/m0/s1. The van der Waals surface area contributed by atoms with Gasteiger partial charge < -0.3 is 15.4 Å². The number of carbonyl (C=O) groups excluding carboxylic acids is 2. The number of halogens is 1. The van der Waals surface area contributed by atoms with Crippen LogP contribution in [-0.2, 0) is 9.59 Å². The van der Waals surface area contributed by atoms with E-state index < -0.39 is 0 Å². The summed E-state index contributed by atoms with van der Waals surface area (Å²) in [5.41, 5.74) is 5.47. The van der Waals surface area contributed by atoms with Crippen LogP contribution in [-0.4, -0.2) is 60.4 Å². The number of likely N-dealkylation sites (tertiary alicyclic amines) is 2. The van der Waals surface area contributed by atoms with E-state index in [-0.39, 0.29) is 30.3 Å². The molecule has 2 atom stereocenters. The molecule has 2 aliphatic rings.